The number of benzene rings is 2. The fourth-order valence-electron chi connectivity index (χ4n) is 1.22. The highest BCUT2D eigenvalue weighted by atomic mass is 17.1. The van der Waals surface area contributed by atoms with E-state index < -0.39 is 0 Å². The van der Waals surface area contributed by atoms with Gasteiger partial charge < -0.3 is 4.89 Å². The predicted molar refractivity (Wildman–Crippen MR) is 47.2 cm³/mol. The van der Waals surface area contributed by atoms with Crippen LogP contribution >= 0.6 is 0 Å². The van der Waals surface area contributed by atoms with Gasteiger partial charge in [0.1, 0.15) is 0 Å². The van der Waals surface area contributed by atoms with Gasteiger partial charge in [0.05, 0.1) is 0 Å². The highest BCUT2D eigenvalue weighted by Gasteiger charge is 1.94. The average molecular weight is 160 g/mol. The second kappa shape index (κ2) is 2.83. The minimum Gasteiger partial charge on any atom is -0.340 e. The summed E-state index contributed by atoms with van der Waals surface area (Å²) in [7, 11) is 0. The van der Waals surface area contributed by atoms with Gasteiger partial charge in [-0.3, -0.25) is 0 Å². The molecular weight excluding hydrogens is 152 g/mol. The fourth-order valence-corrected chi connectivity index (χ4v) is 1.22. The Balaban J connectivity index is 2.67. The molecule has 0 saturated carbocycles. The molecule has 0 atom stereocenters. The molecule has 2 nitrogen and oxygen atoms in total. The standard InChI is InChI=1S/C10H8O2/c11-12-10-6-5-8-3-1-2-4-9(8)7-10/h1-7,11H. The van der Waals surface area contributed by atoms with Gasteiger partial charge in [0.15, 0.2) is 5.75 Å². The molecule has 0 unspecified atom stereocenters. The minimum atomic E-state index is 0.466. The molecule has 0 spiro atoms. The maximum absolute atomic E-state index is 8.40. The lowest BCUT2D eigenvalue weighted by Crippen LogP contribution is -1.82. The summed E-state index contributed by atoms with van der Waals surface area (Å²) in [5.41, 5.74) is 0. The van der Waals surface area contributed by atoms with Gasteiger partial charge in [-0.25, -0.2) is 5.26 Å². The molecule has 0 aliphatic rings. The molecule has 0 amide bonds. The van der Waals surface area contributed by atoms with Gasteiger partial charge in [-0.2, -0.15) is 0 Å². The SMILES string of the molecule is OOc1ccc2ccccc2c1. The molecule has 60 valence electrons. The van der Waals surface area contributed by atoms with Gasteiger partial charge in [0.2, 0.25) is 0 Å². The minimum absolute atomic E-state index is 0.466. The Morgan fingerprint density at radius 2 is 1.67 bits per heavy atom. The van der Waals surface area contributed by atoms with Crippen LogP contribution in [0.25, 0.3) is 10.8 Å². The first-order valence-electron chi connectivity index (χ1n) is 3.70. The van der Waals surface area contributed by atoms with Crippen LogP contribution in [0.1, 0.15) is 0 Å². The van der Waals surface area contributed by atoms with E-state index in [1.165, 1.54) is 0 Å². The smallest absolute Gasteiger partial charge is 0.165 e. The van der Waals surface area contributed by atoms with E-state index in [-0.39, 0.29) is 0 Å². The molecule has 12 heavy (non-hydrogen) atoms. The van der Waals surface area contributed by atoms with Crippen molar-refractivity contribution in [2.75, 3.05) is 0 Å². The Labute approximate surface area is 70.0 Å². The van der Waals surface area contributed by atoms with E-state index in [4.69, 9.17) is 5.26 Å². The third-order valence-corrected chi connectivity index (χ3v) is 1.83. The van der Waals surface area contributed by atoms with Crippen LogP contribution in [-0.2, 0) is 0 Å². The molecule has 2 rings (SSSR count). The van der Waals surface area contributed by atoms with Gasteiger partial charge >= 0.3 is 0 Å². The van der Waals surface area contributed by atoms with E-state index in [1.807, 2.05) is 30.3 Å². The van der Waals surface area contributed by atoms with Crippen molar-refractivity contribution < 1.29 is 10.1 Å². The maximum atomic E-state index is 8.40. The van der Waals surface area contributed by atoms with Crippen molar-refractivity contribution in [3.8, 4) is 5.75 Å². The van der Waals surface area contributed by atoms with Gasteiger partial charge in [-0.05, 0) is 22.9 Å². The molecule has 0 aliphatic heterocycles. The quantitative estimate of drug-likeness (QED) is 0.513. The van der Waals surface area contributed by atoms with Crippen molar-refractivity contribution in [1.82, 2.24) is 0 Å². The summed E-state index contributed by atoms with van der Waals surface area (Å²) in [6.45, 7) is 0. The van der Waals surface area contributed by atoms with Crippen molar-refractivity contribution in [3.63, 3.8) is 0 Å². The molecule has 1 N–H and O–H groups in total. The van der Waals surface area contributed by atoms with E-state index in [2.05, 4.69) is 4.89 Å². The van der Waals surface area contributed by atoms with Crippen LogP contribution in [0.15, 0.2) is 42.5 Å². The number of hydrogen-bond acceptors (Lipinski definition) is 2. The molecule has 2 aromatic carbocycles. The Kier molecular flexibility index (Phi) is 1.68. The molecule has 0 fully saturated rings. The van der Waals surface area contributed by atoms with Crippen molar-refractivity contribution in [2.24, 2.45) is 0 Å². The van der Waals surface area contributed by atoms with Crippen molar-refractivity contribution >= 4 is 10.8 Å². The molecular formula is C10H8O2. The largest absolute Gasteiger partial charge is 0.340 e. The molecule has 2 heteroatoms. The summed E-state index contributed by atoms with van der Waals surface area (Å²) < 4.78 is 0. The highest BCUT2D eigenvalue weighted by Crippen LogP contribution is 2.19. The summed E-state index contributed by atoms with van der Waals surface area (Å²) >= 11 is 0. The number of fused-ring (bicyclic) bond motifs is 1. The van der Waals surface area contributed by atoms with Gasteiger partial charge in [-0.1, -0.05) is 30.3 Å². The third kappa shape index (κ3) is 1.12. The highest BCUT2D eigenvalue weighted by molar-refractivity contribution is 5.83. The van der Waals surface area contributed by atoms with Crippen LogP contribution in [0.4, 0.5) is 0 Å². The van der Waals surface area contributed by atoms with Gasteiger partial charge in [-0.15, -0.1) is 0 Å². The van der Waals surface area contributed by atoms with Gasteiger partial charge in [0.25, 0.3) is 0 Å². The Morgan fingerprint density at radius 3 is 2.42 bits per heavy atom. The van der Waals surface area contributed by atoms with Crippen LogP contribution < -0.4 is 4.89 Å². The zero-order chi connectivity index (χ0) is 8.39. The van der Waals surface area contributed by atoms with Gasteiger partial charge in [0, 0.05) is 0 Å². The summed E-state index contributed by atoms with van der Waals surface area (Å²) in [5.74, 6) is 0.466. The van der Waals surface area contributed by atoms with E-state index in [0.717, 1.165) is 10.8 Å². The lowest BCUT2D eigenvalue weighted by molar-refractivity contribution is -0.137. The molecule has 0 bridgehead atoms. The van der Waals surface area contributed by atoms with Crippen LogP contribution in [0.2, 0.25) is 0 Å². The van der Waals surface area contributed by atoms with Crippen molar-refractivity contribution in [1.29, 1.82) is 0 Å². The Hall–Kier alpha value is -1.54. The fraction of sp³-hybridized carbons (Fsp3) is 0. The first kappa shape index (κ1) is 7.13. The second-order valence-electron chi connectivity index (χ2n) is 2.60. The third-order valence-electron chi connectivity index (χ3n) is 1.83. The Morgan fingerprint density at radius 1 is 0.917 bits per heavy atom. The van der Waals surface area contributed by atoms with E-state index >= 15 is 0 Å². The summed E-state index contributed by atoms with van der Waals surface area (Å²) in [5, 5.41) is 10.6. The van der Waals surface area contributed by atoms with Crippen molar-refractivity contribution in [3.05, 3.63) is 42.5 Å². The predicted octanol–water partition coefficient (Wildman–Crippen LogP) is 2.69. The zero-order valence-corrected chi connectivity index (χ0v) is 6.40. The molecule has 0 heterocycles. The molecule has 0 aromatic heterocycles. The zero-order valence-electron chi connectivity index (χ0n) is 6.40. The summed E-state index contributed by atoms with van der Waals surface area (Å²) in [6.07, 6.45) is 0. The van der Waals surface area contributed by atoms with E-state index in [9.17, 15) is 0 Å². The monoisotopic (exact) mass is 160 g/mol. The molecule has 0 saturated heterocycles. The average Bonchev–Trinajstić information content (AvgIpc) is 2.17. The van der Waals surface area contributed by atoms with Crippen LogP contribution in [0.5, 0.6) is 5.75 Å². The summed E-state index contributed by atoms with van der Waals surface area (Å²) in [6, 6.07) is 13.3. The molecule has 2 aromatic rings. The van der Waals surface area contributed by atoms with Crippen LogP contribution in [-0.4, -0.2) is 5.26 Å². The van der Waals surface area contributed by atoms with Crippen molar-refractivity contribution in [2.45, 2.75) is 0 Å². The number of hydrogen-bond donors (Lipinski definition) is 1. The molecule has 0 radical (unpaired) electrons. The first-order valence-corrected chi connectivity index (χ1v) is 3.70. The topological polar surface area (TPSA) is 29.5 Å². The second-order valence-corrected chi connectivity index (χ2v) is 2.60. The van der Waals surface area contributed by atoms with E-state index in [1.54, 1.807) is 12.1 Å². The lowest BCUT2D eigenvalue weighted by Gasteiger charge is -1.98. The summed E-state index contributed by atoms with van der Waals surface area (Å²) in [4.78, 5) is 4.12. The van der Waals surface area contributed by atoms with Crippen LogP contribution in [0.3, 0.4) is 0 Å². The lowest BCUT2D eigenvalue weighted by atomic mass is 10.1. The first-order chi connectivity index (χ1) is 5.90. The maximum Gasteiger partial charge on any atom is 0.165 e. The van der Waals surface area contributed by atoms with E-state index in [0.29, 0.717) is 5.75 Å². The number of rotatable bonds is 1. The van der Waals surface area contributed by atoms with Crippen LogP contribution in [0, 0.1) is 0 Å². The molecule has 0 aliphatic carbocycles. The normalized spacial score (nSPS) is 10.1. The Bertz CT molecular complexity index is 396.